The summed E-state index contributed by atoms with van der Waals surface area (Å²) >= 11 is 2.81. The SMILES string of the molecule is CCCCn1c(SC(C)C(=O)Nc2cc(OC)ccc2OC)nc2sc(C)c(C)c2c1=O. The van der Waals surface area contributed by atoms with Gasteiger partial charge in [-0.2, -0.15) is 0 Å². The standard InChI is InChI=1S/C23H29N3O4S2/c1-7-8-11-26-22(28)19-13(2)14(3)31-21(19)25-23(26)32-15(4)20(27)24-17-12-16(29-5)9-10-18(17)30-6/h9-10,12,15H,7-8,11H2,1-6H3,(H,24,27). The van der Waals surface area contributed by atoms with E-state index in [-0.39, 0.29) is 11.5 Å². The van der Waals surface area contributed by atoms with Gasteiger partial charge in [0.05, 0.1) is 30.5 Å². The molecule has 1 N–H and O–H groups in total. The van der Waals surface area contributed by atoms with Gasteiger partial charge in [0.15, 0.2) is 5.16 Å². The fourth-order valence-electron chi connectivity index (χ4n) is 3.27. The Hall–Kier alpha value is -2.52. The third-order valence-electron chi connectivity index (χ3n) is 5.31. The number of carbonyl (C=O) groups is 1. The van der Waals surface area contributed by atoms with Gasteiger partial charge in [0.2, 0.25) is 5.91 Å². The van der Waals surface area contributed by atoms with Crippen molar-refractivity contribution in [2.75, 3.05) is 19.5 Å². The fraction of sp³-hybridized carbons (Fsp3) is 0.435. The van der Waals surface area contributed by atoms with Crippen LogP contribution >= 0.6 is 23.1 Å². The summed E-state index contributed by atoms with van der Waals surface area (Å²) in [6, 6.07) is 5.22. The van der Waals surface area contributed by atoms with E-state index in [2.05, 4.69) is 12.2 Å². The molecule has 0 aliphatic rings. The molecule has 1 unspecified atom stereocenters. The van der Waals surface area contributed by atoms with Crippen molar-refractivity contribution in [3.8, 4) is 11.5 Å². The second kappa shape index (κ2) is 10.4. The topological polar surface area (TPSA) is 82.5 Å². The number of nitrogens with one attached hydrogen (secondary N) is 1. The fourth-order valence-corrected chi connectivity index (χ4v) is 5.27. The molecule has 0 aliphatic heterocycles. The zero-order valence-electron chi connectivity index (χ0n) is 19.3. The van der Waals surface area contributed by atoms with Crippen LogP contribution in [0.1, 0.15) is 37.1 Å². The summed E-state index contributed by atoms with van der Waals surface area (Å²) in [6.07, 6.45) is 1.83. The molecule has 172 valence electrons. The van der Waals surface area contributed by atoms with Crippen molar-refractivity contribution in [3.63, 3.8) is 0 Å². The van der Waals surface area contributed by atoms with E-state index < -0.39 is 5.25 Å². The van der Waals surface area contributed by atoms with Crippen LogP contribution in [0.4, 0.5) is 5.69 Å². The van der Waals surface area contributed by atoms with Crippen LogP contribution in [0.5, 0.6) is 11.5 Å². The zero-order chi connectivity index (χ0) is 23.4. The van der Waals surface area contributed by atoms with E-state index in [0.717, 1.165) is 28.1 Å². The van der Waals surface area contributed by atoms with E-state index in [1.807, 2.05) is 13.8 Å². The molecule has 32 heavy (non-hydrogen) atoms. The van der Waals surface area contributed by atoms with Crippen molar-refractivity contribution >= 4 is 44.9 Å². The number of thiophene rings is 1. The van der Waals surface area contributed by atoms with Crippen LogP contribution in [0, 0.1) is 13.8 Å². The molecule has 0 radical (unpaired) electrons. The Morgan fingerprint density at radius 2 is 2.03 bits per heavy atom. The third kappa shape index (κ3) is 4.94. The van der Waals surface area contributed by atoms with Gasteiger partial charge < -0.3 is 14.8 Å². The van der Waals surface area contributed by atoms with E-state index in [0.29, 0.717) is 34.3 Å². The first-order chi connectivity index (χ1) is 15.3. The molecule has 0 bridgehead atoms. The average Bonchev–Trinajstić information content (AvgIpc) is 3.06. The van der Waals surface area contributed by atoms with Crippen molar-refractivity contribution < 1.29 is 14.3 Å². The van der Waals surface area contributed by atoms with Crippen LogP contribution in [0.2, 0.25) is 0 Å². The van der Waals surface area contributed by atoms with Crippen molar-refractivity contribution in [1.82, 2.24) is 9.55 Å². The Balaban J connectivity index is 1.91. The van der Waals surface area contributed by atoms with Gasteiger partial charge in [-0.1, -0.05) is 25.1 Å². The number of carbonyl (C=O) groups excluding carboxylic acids is 1. The molecule has 9 heteroatoms. The lowest BCUT2D eigenvalue weighted by Gasteiger charge is -2.17. The Morgan fingerprint density at radius 3 is 2.69 bits per heavy atom. The molecule has 3 rings (SSSR count). The number of aryl methyl sites for hydroxylation is 2. The number of methoxy groups -OCH3 is 2. The second-order valence-corrected chi connectivity index (χ2v) is 9.99. The highest BCUT2D eigenvalue weighted by atomic mass is 32.2. The molecule has 1 atom stereocenters. The number of ether oxygens (including phenoxy) is 2. The maximum atomic E-state index is 13.3. The molecule has 7 nitrogen and oxygen atoms in total. The maximum absolute atomic E-state index is 13.3. The minimum Gasteiger partial charge on any atom is -0.497 e. The number of fused-ring (bicyclic) bond motifs is 1. The number of thioether (sulfide) groups is 1. The van der Waals surface area contributed by atoms with Gasteiger partial charge in [0, 0.05) is 17.5 Å². The lowest BCUT2D eigenvalue weighted by Crippen LogP contribution is -2.27. The first-order valence-corrected chi connectivity index (χ1v) is 12.2. The summed E-state index contributed by atoms with van der Waals surface area (Å²) in [5.41, 5.74) is 1.48. The van der Waals surface area contributed by atoms with Gasteiger partial charge in [-0.3, -0.25) is 14.2 Å². The van der Waals surface area contributed by atoms with E-state index >= 15 is 0 Å². The first kappa shape index (κ1) is 24.1. The molecule has 3 aromatic rings. The number of anilines is 1. The van der Waals surface area contributed by atoms with Gasteiger partial charge in [0.1, 0.15) is 16.3 Å². The van der Waals surface area contributed by atoms with Gasteiger partial charge >= 0.3 is 0 Å². The van der Waals surface area contributed by atoms with Crippen LogP contribution in [0.15, 0.2) is 28.2 Å². The minimum atomic E-state index is -0.481. The molecular weight excluding hydrogens is 446 g/mol. The lowest BCUT2D eigenvalue weighted by atomic mass is 10.2. The van der Waals surface area contributed by atoms with Crippen LogP contribution in [-0.4, -0.2) is 34.9 Å². The Kier molecular flexibility index (Phi) is 7.84. The molecule has 1 aromatic carbocycles. The van der Waals surface area contributed by atoms with Gasteiger partial charge in [-0.15, -0.1) is 11.3 Å². The summed E-state index contributed by atoms with van der Waals surface area (Å²) in [7, 11) is 3.11. The number of amides is 1. The van der Waals surface area contributed by atoms with Gasteiger partial charge in [0.25, 0.3) is 5.56 Å². The predicted octanol–water partition coefficient (Wildman–Crippen LogP) is 5.01. The maximum Gasteiger partial charge on any atom is 0.263 e. The van der Waals surface area contributed by atoms with Crippen molar-refractivity contribution in [2.24, 2.45) is 0 Å². The van der Waals surface area contributed by atoms with Crippen molar-refractivity contribution in [2.45, 2.75) is 57.5 Å². The average molecular weight is 476 g/mol. The Labute approximate surface area is 196 Å². The monoisotopic (exact) mass is 475 g/mol. The molecular formula is C23H29N3O4S2. The smallest absolute Gasteiger partial charge is 0.263 e. The lowest BCUT2D eigenvalue weighted by molar-refractivity contribution is -0.115. The third-order valence-corrected chi connectivity index (χ3v) is 7.50. The molecule has 0 aliphatic carbocycles. The van der Waals surface area contributed by atoms with Crippen molar-refractivity contribution in [1.29, 1.82) is 0 Å². The van der Waals surface area contributed by atoms with E-state index in [9.17, 15) is 9.59 Å². The normalized spacial score (nSPS) is 12.1. The van der Waals surface area contributed by atoms with Crippen LogP contribution in [0.25, 0.3) is 10.2 Å². The Morgan fingerprint density at radius 1 is 1.28 bits per heavy atom. The molecule has 0 spiro atoms. The van der Waals surface area contributed by atoms with E-state index in [4.69, 9.17) is 14.5 Å². The molecule has 0 saturated carbocycles. The first-order valence-electron chi connectivity index (χ1n) is 10.5. The summed E-state index contributed by atoms with van der Waals surface area (Å²) in [6.45, 7) is 8.43. The van der Waals surface area contributed by atoms with E-state index in [1.165, 1.54) is 23.1 Å². The minimum absolute atomic E-state index is 0.0325. The quantitative estimate of drug-likeness (QED) is 0.346. The molecule has 2 aromatic heterocycles. The van der Waals surface area contributed by atoms with E-state index in [1.54, 1.807) is 43.9 Å². The molecule has 2 heterocycles. The van der Waals surface area contributed by atoms with Gasteiger partial charge in [-0.25, -0.2) is 4.98 Å². The van der Waals surface area contributed by atoms with Crippen LogP contribution < -0.4 is 20.3 Å². The summed E-state index contributed by atoms with van der Waals surface area (Å²) in [5, 5.41) is 3.68. The zero-order valence-corrected chi connectivity index (χ0v) is 20.9. The molecule has 1 amide bonds. The summed E-state index contributed by atoms with van der Waals surface area (Å²) in [5.74, 6) is 0.946. The van der Waals surface area contributed by atoms with Crippen LogP contribution in [-0.2, 0) is 11.3 Å². The van der Waals surface area contributed by atoms with Crippen molar-refractivity contribution in [3.05, 3.63) is 39.0 Å². The number of unbranched alkanes of at least 4 members (excludes halogenated alkanes) is 1. The number of benzene rings is 1. The second-order valence-electron chi connectivity index (χ2n) is 7.48. The molecule has 0 saturated heterocycles. The summed E-state index contributed by atoms with van der Waals surface area (Å²) < 4.78 is 12.3. The highest BCUT2D eigenvalue weighted by Crippen LogP contribution is 2.32. The highest BCUT2D eigenvalue weighted by molar-refractivity contribution is 8.00. The Bertz CT molecular complexity index is 1190. The van der Waals surface area contributed by atoms with Crippen LogP contribution in [0.3, 0.4) is 0 Å². The largest absolute Gasteiger partial charge is 0.497 e. The number of hydrogen-bond donors (Lipinski definition) is 1. The number of nitrogens with zero attached hydrogens (tertiary/aromatic N) is 2. The highest BCUT2D eigenvalue weighted by Gasteiger charge is 2.22. The van der Waals surface area contributed by atoms with Gasteiger partial charge in [-0.05, 0) is 44.9 Å². The summed E-state index contributed by atoms with van der Waals surface area (Å²) in [4.78, 5) is 32.8. The number of hydrogen-bond acceptors (Lipinski definition) is 7. The molecule has 0 fully saturated rings. The number of aromatic nitrogens is 2. The predicted molar refractivity (Wildman–Crippen MR) is 132 cm³/mol. The number of rotatable bonds is 9.